The van der Waals surface area contributed by atoms with Crippen molar-refractivity contribution in [1.29, 1.82) is 0 Å². The van der Waals surface area contributed by atoms with Gasteiger partial charge in [-0.15, -0.1) is 0 Å². The summed E-state index contributed by atoms with van der Waals surface area (Å²) >= 11 is 5.70. The smallest absolute Gasteiger partial charge is 0.240 e. The van der Waals surface area contributed by atoms with Gasteiger partial charge in [0.05, 0.1) is 11.2 Å². The molecule has 0 saturated heterocycles. The molecule has 0 radical (unpaired) electrons. The highest BCUT2D eigenvalue weighted by Crippen LogP contribution is 2.14. The van der Waals surface area contributed by atoms with Crippen LogP contribution >= 0.6 is 11.6 Å². The highest BCUT2D eigenvalue weighted by molar-refractivity contribution is 7.89. The number of hydrogen-bond acceptors (Lipinski definition) is 4. The Morgan fingerprint density at radius 3 is 2.90 bits per heavy atom. The van der Waals surface area contributed by atoms with Gasteiger partial charge in [0.1, 0.15) is 10.9 Å². The Morgan fingerprint density at radius 1 is 1.45 bits per heavy atom. The van der Waals surface area contributed by atoms with E-state index in [2.05, 4.69) is 9.71 Å². The lowest BCUT2D eigenvalue weighted by atomic mass is 10.2. The largest absolute Gasteiger partial charge is 0.469 e. The average molecular weight is 315 g/mol. The Hall–Kier alpha value is -1.37. The van der Waals surface area contributed by atoms with E-state index in [0.717, 1.165) is 5.76 Å². The number of furan rings is 1. The maximum absolute atomic E-state index is 12.1. The van der Waals surface area contributed by atoms with E-state index in [9.17, 15) is 8.42 Å². The van der Waals surface area contributed by atoms with Crippen molar-refractivity contribution in [1.82, 2.24) is 9.71 Å². The van der Waals surface area contributed by atoms with Crippen LogP contribution in [0.15, 0.2) is 46.0 Å². The standard InChI is InChI=1S/C13H15ClN2O3S/c1-10(4-5-11-3-2-8-19-11)16-20(17,18)12-6-7-15-13(14)9-12/h2-3,6-10,16H,4-5H2,1H3. The molecule has 0 aliphatic rings. The van der Waals surface area contributed by atoms with Gasteiger partial charge in [-0.05, 0) is 37.6 Å². The monoisotopic (exact) mass is 314 g/mol. The first-order valence-corrected chi connectivity index (χ1v) is 8.00. The molecule has 0 bridgehead atoms. The van der Waals surface area contributed by atoms with Crippen molar-refractivity contribution in [3.8, 4) is 0 Å². The fourth-order valence-corrected chi connectivity index (χ4v) is 3.29. The van der Waals surface area contributed by atoms with E-state index in [4.69, 9.17) is 16.0 Å². The summed E-state index contributed by atoms with van der Waals surface area (Å²) < 4.78 is 32.1. The molecule has 2 aromatic rings. The van der Waals surface area contributed by atoms with Crippen LogP contribution in [0.25, 0.3) is 0 Å². The fourth-order valence-electron chi connectivity index (χ4n) is 1.76. The normalized spacial score (nSPS) is 13.3. The Morgan fingerprint density at radius 2 is 2.25 bits per heavy atom. The minimum Gasteiger partial charge on any atom is -0.469 e. The molecule has 7 heteroatoms. The van der Waals surface area contributed by atoms with Gasteiger partial charge in [-0.2, -0.15) is 0 Å². The number of aryl methyl sites for hydroxylation is 1. The third kappa shape index (κ3) is 4.06. The molecule has 2 rings (SSSR count). The van der Waals surface area contributed by atoms with E-state index < -0.39 is 10.0 Å². The molecule has 2 heterocycles. The van der Waals surface area contributed by atoms with Gasteiger partial charge < -0.3 is 4.42 Å². The van der Waals surface area contributed by atoms with Crippen molar-refractivity contribution in [3.05, 3.63) is 47.6 Å². The number of aromatic nitrogens is 1. The quantitative estimate of drug-likeness (QED) is 0.832. The van der Waals surface area contributed by atoms with Crippen molar-refractivity contribution >= 4 is 21.6 Å². The molecular weight excluding hydrogens is 300 g/mol. The van der Waals surface area contributed by atoms with Crippen molar-refractivity contribution in [2.24, 2.45) is 0 Å². The minimum absolute atomic E-state index is 0.113. The molecule has 0 aliphatic heterocycles. The fraction of sp³-hybridized carbons (Fsp3) is 0.308. The molecule has 0 amide bonds. The number of hydrogen-bond donors (Lipinski definition) is 1. The second-order valence-corrected chi connectivity index (χ2v) is 6.56. The molecule has 1 N–H and O–H groups in total. The zero-order chi connectivity index (χ0) is 14.6. The van der Waals surface area contributed by atoms with Crippen LogP contribution in [0.5, 0.6) is 0 Å². The van der Waals surface area contributed by atoms with Crippen LogP contribution in [-0.2, 0) is 16.4 Å². The number of pyridine rings is 1. The van der Waals surface area contributed by atoms with Gasteiger partial charge in [0.25, 0.3) is 0 Å². The van der Waals surface area contributed by atoms with Crippen LogP contribution in [0, 0.1) is 0 Å². The summed E-state index contributed by atoms with van der Waals surface area (Å²) in [5.74, 6) is 0.836. The Labute approximate surface area is 123 Å². The molecule has 0 spiro atoms. The molecule has 0 aliphatic carbocycles. The van der Waals surface area contributed by atoms with E-state index in [1.165, 1.54) is 18.3 Å². The van der Waals surface area contributed by atoms with Gasteiger partial charge in [0.15, 0.2) is 0 Å². The topological polar surface area (TPSA) is 72.2 Å². The van der Waals surface area contributed by atoms with E-state index >= 15 is 0 Å². The molecule has 2 aromatic heterocycles. The first-order valence-electron chi connectivity index (χ1n) is 6.13. The summed E-state index contributed by atoms with van der Waals surface area (Å²) in [7, 11) is -3.58. The number of halogens is 1. The molecule has 0 saturated carbocycles. The number of sulfonamides is 1. The van der Waals surface area contributed by atoms with E-state index in [1.807, 2.05) is 19.1 Å². The molecule has 20 heavy (non-hydrogen) atoms. The molecule has 5 nitrogen and oxygen atoms in total. The number of rotatable bonds is 6. The molecular formula is C13H15ClN2O3S. The second kappa shape index (κ2) is 6.39. The maximum Gasteiger partial charge on any atom is 0.240 e. The minimum atomic E-state index is -3.58. The maximum atomic E-state index is 12.1. The van der Waals surface area contributed by atoms with Gasteiger partial charge in [-0.25, -0.2) is 18.1 Å². The first kappa shape index (κ1) is 15.0. The van der Waals surface area contributed by atoms with Crippen molar-refractivity contribution < 1.29 is 12.8 Å². The summed E-state index contributed by atoms with van der Waals surface area (Å²) in [5.41, 5.74) is 0. The number of nitrogens with one attached hydrogen (secondary N) is 1. The zero-order valence-corrected chi connectivity index (χ0v) is 12.5. The summed E-state index contributed by atoms with van der Waals surface area (Å²) in [5, 5.41) is 0.149. The predicted octanol–water partition coefficient (Wildman–Crippen LogP) is 2.63. The van der Waals surface area contributed by atoms with Crippen molar-refractivity contribution in [2.75, 3.05) is 0 Å². The lowest BCUT2D eigenvalue weighted by molar-refractivity contribution is 0.480. The Balaban J connectivity index is 1.97. The lowest BCUT2D eigenvalue weighted by Crippen LogP contribution is -2.32. The van der Waals surface area contributed by atoms with Gasteiger partial charge in [-0.1, -0.05) is 11.6 Å². The van der Waals surface area contributed by atoms with E-state index in [-0.39, 0.29) is 16.1 Å². The molecule has 108 valence electrons. The van der Waals surface area contributed by atoms with Gasteiger partial charge in [0.2, 0.25) is 10.0 Å². The van der Waals surface area contributed by atoms with Gasteiger partial charge in [-0.3, -0.25) is 0 Å². The molecule has 0 aromatic carbocycles. The third-order valence-corrected chi connectivity index (χ3v) is 4.56. The van der Waals surface area contributed by atoms with E-state index in [1.54, 1.807) is 6.26 Å². The SMILES string of the molecule is CC(CCc1ccco1)NS(=O)(=O)c1ccnc(Cl)c1. The summed E-state index contributed by atoms with van der Waals surface area (Å²) in [6.07, 6.45) is 4.28. The highest BCUT2D eigenvalue weighted by atomic mass is 35.5. The summed E-state index contributed by atoms with van der Waals surface area (Å²) in [6.45, 7) is 1.81. The van der Waals surface area contributed by atoms with Crippen LogP contribution < -0.4 is 4.72 Å². The molecule has 0 fully saturated rings. The van der Waals surface area contributed by atoms with Crippen LogP contribution in [0.2, 0.25) is 5.15 Å². The molecule has 1 atom stereocenters. The van der Waals surface area contributed by atoms with Crippen LogP contribution in [0.1, 0.15) is 19.1 Å². The lowest BCUT2D eigenvalue weighted by Gasteiger charge is -2.13. The van der Waals surface area contributed by atoms with Crippen molar-refractivity contribution in [3.63, 3.8) is 0 Å². The number of nitrogens with zero attached hydrogens (tertiary/aromatic N) is 1. The van der Waals surface area contributed by atoms with Crippen molar-refractivity contribution in [2.45, 2.75) is 30.7 Å². The predicted molar refractivity (Wildman–Crippen MR) is 76.1 cm³/mol. The zero-order valence-electron chi connectivity index (χ0n) is 10.9. The molecule has 1 unspecified atom stereocenters. The third-order valence-electron chi connectivity index (χ3n) is 2.77. The van der Waals surface area contributed by atoms with Crippen LogP contribution in [0.4, 0.5) is 0 Å². The first-order chi connectivity index (χ1) is 9.47. The van der Waals surface area contributed by atoms with Gasteiger partial charge >= 0.3 is 0 Å². The summed E-state index contributed by atoms with van der Waals surface area (Å²) in [4.78, 5) is 3.88. The highest BCUT2D eigenvalue weighted by Gasteiger charge is 2.18. The van der Waals surface area contributed by atoms with Gasteiger partial charge in [0, 0.05) is 18.7 Å². The Kier molecular flexibility index (Phi) is 4.80. The van der Waals surface area contributed by atoms with Crippen LogP contribution in [-0.4, -0.2) is 19.4 Å². The second-order valence-electron chi connectivity index (χ2n) is 4.45. The van der Waals surface area contributed by atoms with E-state index in [0.29, 0.717) is 12.8 Å². The Bertz CT molecular complexity index is 656. The van der Waals surface area contributed by atoms with Crippen LogP contribution in [0.3, 0.4) is 0 Å². The average Bonchev–Trinajstić information content (AvgIpc) is 2.89. The summed E-state index contributed by atoms with van der Waals surface area (Å²) in [6, 6.07) is 6.20.